The number of hydrogen-bond donors (Lipinski definition) is 1. The van der Waals surface area contributed by atoms with Crippen molar-refractivity contribution in [1.29, 1.82) is 0 Å². The molecule has 1 fully saturated rings. The summed E-state index contributed by atoms with van der Waals surface area (Å²) in [6.45, 7) is 3.28. The minimum Gasteiger partial charge on any atom is -0.489 e. The Balaban J connectivity index is 1.51. The lowest BCUT2D eigenvalue weighted by Gasteiger charge is -2.28. The quantitative estimate of drug-likeness (QED) is 0.938. The van der Waals surface area contributed by atoms with Crippen molar-refractivity contribution in [2.45, 2.75) is 25.2 Å². The van der Waals surface area contributed by atoms with Gasteiger partial charge in [-0.15, -0.1) is 0 Å². The van der Waals surface area contributed by atoms with E-state index in [1.54, 1.807) is 0 Å². The molecule has 2 atom stereocenters. The van der Waals surface area contributed by atoms with Crippen molar-refractivity contribution in [3.05, 3.63) is 65.2 Å². The van der Waals surface area contributed by atoms with Gasteiger partial charge in [0.25, 0.3) is 0 Å². The summed E-state index contributed by atoms with van der Waals surface area (Å²) in [5.41, 5.74) is 3.88. The van der Waals surface area contributed by atoms with Crippen molar-refractivity contribution in [3.63, 3.8) is 0 Å². The molecule has 21 heavy (non-hydrogen) atoms. The van der Waals surface area contributed by atoms with Gasteiger partial charge in [-0.25, -0.2) is 0 Å². The van der Waals surface area contributed by atoms with Crippen LogP contribution in [0.25, 0.3) is 0 Å². The average Bonchev–Trinajstić information content (AvgIpc) is 3.02. The van der Waals surface area contributed by atoms with E-state index in [1.807, 2.05) is 18.2 Å². The van der Waals surface area contributed by atoms with Crippen LogP contribution in [-0.2, 0) is 18.0 Å². The SMILES string of the molecule is c1ccc(COc2ccc3c(c2)CO[C@@H]2CNC[C@H]32)cc1. The number of fused-ring (bicyclic) bond motifs is 3. The molecule has 4 rings (SSSR count). The molecule has 3 heteroatoms. The van der Waals surface area contributed by atoms with E-state index in [9.17, 15) is 0 Å². The molecule has 2 aliphatic rings. The summed E-state index contributed by atoms with van der Waals surface area (Å²) >= 11 is 0. The van der Waals surface area contributed by atoms with E-state index in [4.69, 9.17) is 9.47 Å². The second-order valence-electron chi connectivity index (χ2n) is 5.75. The number of nitrogens with one attached hydrogen (secondary N) is 1. The average molecular weight is 281 g/mol. The predicted octanol–water partition coefficient (Wildman–Crippen LogP) is 2.85. The van der Waals surface area contributed by atoms with Gasteiger partial charge in [-0.1, -0.05) is 36.4 Å². The maximum absolute atomic E-state index is 5.93. The van der Waals surface area contributed by atoms with Gasteiger partial charge in [0.1, 0.15) is 12.4 Å². The van der Waals surface area contributed by atoms with Crippen LogP contribution in [0.15, 0.2) is 48.5 Å². The Labute approximate surface area is 124 Å². The maximum Gasteiger partial charge on any atom is 0.120 e. The van der Waals surface area contributed by atoms with Gasteiger partial charge in [0.15, 0.2) is 0 Å². The second kappa shape index (κ2) is 5.51. The normalized spacial score (nSPS) is 23.4. The highest BCUT2D eigenvalue weighted by atomic mass is 16.5. The molecular formula is C18H19NO2. The molecule has 0 bridgehead atoms. The lowest BCUT2D eigenvalue weighted by atomic mass is 9.89. The molecule has 2 aromatic rings. The van der Waals surface area contributed by atoms with Gasteiger partial charge in [0.05, 0.1) is 12.7 Å². The standard InChI is InChI=1S/C18H19NO2/c1-2-4-13(5-3-1)11-20-15-6-7-16-14(8-15)12-21-18-10-19-9-17(16)18/h1-8,17-19H,9-12H2/t17-,18-/m1/s1. The van der Waals surface area contributed by atoms with Gasteiger partial charge in [0, 0.05) is 19.0 Å². The molecule has 1 saturated heterocycles. The molecule has 1 N–H and O–H groups in total. The first-order valence-electron chi connectivity index (χ1n) is 7.52. The van der Waals surface area contributed by atoms with Crippen molar-refractivity contribution in [2.24, 2.45) is 0 Å². The fourth-order valence-electron chi connectivity index (χ4n) is 3.24. The fraction of sp³-hybridized carbons (Fsp3) is 0.333. The molecule has 2 aromatic carbocycles. The molecule has 108 valence electrons. The molecule has 0 aromatic heterocycles. The van der Waals surface area contributed by atoms with Crippen LogP contribution in [0.5, 0.6) is 5.75 Å². The van der Waals surface area contributed by atoms with Crippen molar-refractivity contribution < 1.29 is 9.47 Å². The van der Waals surface area contributed by atoms with Crippen LogP contribution in [0, 0.1) is 0 Å². The highest BCUT2D eigenvalue weighted by Crippen LogP contribution is 2.35. The Morgan fingerprint density at radius 3 is 2.90 bits per heavy atom. The third-order valence-corrected chi connectivity index (χ3v) is 4.37. The summed E-state index contributed by atoms with van der Waals surface area (Å²) in [5.74, 6) is 1.42. The zero-order chi connectivity index (χ0) is 14.1. The molecule has 2 heterocycles. The first-order chi connectivity index (χ1) is 10.4. The van der Waals surface area contributed by atoms with E-state index in [1.165, 1.54) is 16.7 Å². The first kappa shape index (κ1) is 12.9. The Kier molecular flexibility index (Phi) is 3.37. The first-order valence-corrected chi connectivity index (χ1v) is 7.52. The third-order valence-electron chi connectivity index (χ3n) is 4.37. The second-order valence-corrected chi connectivity index (χ2v) is 5.75. The van der Waals surface area contributed by atoms with E-state index >= 15 is 0 Å². The summed E-state index contributed by atoms with van der Waals surface area (Å²) in [7, 11) is 0. The van der Waals surface area contributed by atoms with Crippen LogP contribution in [0.2, 0.25) is 0 Å². The molecule has 0 saturated carbocycles. The van der Waals surface area contributed by atoms with Crippen LogP contribution in [-0.4, -0.2) is 19.2 Å². The van der Waals surface area contributed by atoms with Crippen LogP contribution < -0.4 is 10.1 Å². The lowest BCUT2D eigenvalue weighted by Crippen LogP contribution is -2.26. The van der Waals surface area contributed by atoms with E-state index in [0.29, 0.717) is 25.2 Å². The molecule has 0 amide bonds. The van der Waals surface area contributed by atoms with Crippen LogP contribution in [0.1, 0.15) is 22.6 Å². The van der Waals surface area contributed by atoms with Crippen LogP contribution in [0.3, 0.4) is 0 Å². The number of hydrogen-bond acceptors (Lipinski definition) is 3. The van der Waals surface area contributed by atoms with Gasteiger partial charge >= 0.3 is 0 Å². The van der Waals surface area contributed by atoms with E-state index < -0.39 is 0 Å². The Bertz CT molecular complexity index is 626. The highest BCUT2D eigenvalue weighted by molar-refractivity contribution is 5.40. The van der Waals surface area contributed by atoms with Crippen molar-refractivity contribution in [2.75, 3.05) is 13.1 Å². The van der Waals surface area contributed by atoms with Crippen LogP contribution >= 0.6 is 0 Å². The highest BCUT2D eigenvalue weighted by Gasteiger charge is 2.34. The Morgan fingerprint density at radius 2 is 2.00 bits per heavy atom. The minimum atomic E-state index is 0.341. The summed E-state index contributed by atoms with van der Waals surface area (Å²) in [6.07, 6.45) is 0.341. The molecule has 0 aliphatic carbocycles. The zero-order valence-electron chi connectivity index (χ0n) is 11.9. The summed E-state index contributed by atoms with van der Waals surface area (Å²) in [5, 5.41) is 3.41. The summed E-state index contributed by atoms with van der Waals surface area (Å²) in [6, 6.07) is 16.7. The smallest absolute Gasteiger partial charge is 0.120 e. The van der Waals surface area contributed by atoms with E-state index in [2.05, 4.69) is 35.6 Å². The summed E-state index contributed by atoms with van der Waals surface area (Å²) in [4.78, 5) is 0. The van der Waals surface area contributed by atoms with Gasteiger partial charge in [-0.3, -0.25) is 0 Å². The van der Waals surface area contributed by atoms with Crippen molar-refractivity contribution in [1.82, 2.24) is 5.32 Å². The number of benzene rings is 2. The van der Waals surface area contributed by atoms with E-state index in [0.717, 1.165) is 18.8 Å². The van der Waals surface area contributed by atoms with Crippen molar-refractivity contribution >= 4 is 0 Å². The molecular weight excluding hydrogens is 262 g/mol. The lowest BCUT2D eigenvalue weighted by molar-refractivity contribution is 0.0297. The topological polar surface area (TPSA) is 30.5 Å². The van der Waals surface area contributed by atoms with Gasteiger partial charge < -0.3 is 14.8 Å². The van der Waals surface area contributed by atoms with E-state index in [-0.39, 0.29) is 0 Å². The van der Waals surface area contributed by atoms with Gasteiger partial charge in [-0.2, -0.15) is 0 Å². The predicted molar refractivity (Wildman–Crippen MR) is 81.4 cm³/mol. The minimum absolute atomic E-state index is 0.341. The Morgan fingerprint density at radius 1 is 1.10 bits per heavy atom. The fourth-order valence-corrected chi connectivity index (χ4v) is 3.24. The Hall–Kier alpha value is -1.84. The number of ether oxygens (including phenoxy) is 2. The molecule has 0 spiro atoms. The largest absolute Gasteiger partial charge is 0.489 e. The zero-order valence-corrected chi connectivity index (χ0v) is 11.9. The molecule has 0 unspecified atom stereocenters. The van der Waals surface area contributed by atoms with Gasteiger partial charge in [-0.05, 0) is 28.8 Å². The third kappa shape index (κ3) is 2.55. The molecule has 3 nitrogen and oxygen atoms in total. The summed E-state index contributed by atoms with van der Waals surface area (Å²) < 4.78 is 11.8. The van der Waals surface area contributed by atoms with Crippen LogP contribution in [0.4, 0.5) is 0 Å². The van der Waals surface area contributed by atoms with Gasteiger partial charge in [0.2, 0.25) is 0 Å². The maximum atomic E-state index is 5.93. The number of rotatable bonds is 3. The van der Waals surface area contributed by atoms with Crippen molar-refractivity contribution in [3.8, 4) is 5.75 Å². The molecule has 2 aliphatic heterocycles. The molecule has 0 radical (unpaired) electrons. The monoisotopic (exact) mass is 281 g/mol.